The van der Waals surface area contributed by atoms with Crippen LogP contribution in [0, 0.1) is 0 Å². The van der Waals surface area contributed by atoms with Gasteiger partial charge >= 0.3 is 6.09 Å². The van der Waals surface area contributed by atoms with E-state index in [1.54, 1.807) is 0 Å². The molecule has 5 nitrogen and oxygen atoms in total. The van der Waals surface area contributed by atoms with Gasteiger partial charge in [0.15, 0.2) is 0 Å². The summed E-state index contributed by atoms with van der Waals surface area (Å²) in [6.45, 7) is 9.03. The van der Waals surface area contributed by atoms with Crippen LogP contribution in [0.5, 0.6) is 0 Å². The standard InChI is InChI=1S/C14H27N3O2/c1-14(2,3)19-13(18)17-9-7-16(8-10-17)12-6-4-5-11(12)15/h11-12H,4-10,15H2,1-3H3/t11-,12+/m0/s1. The molecular formula is C14H27N3O2. The van der Waals surface area contributed by atoms with Crippen LogP contribution in [0.3, 0.4) is 0 Å². The molecule has 0 radical (unpaired) electrons. The Bertz CT molecular complexity index is 319. The van der Waals surface area contributed by atoms with Gasteiger partial charge in [0.25, 0.3) is 0 Å². The second-order valence-corrected chi connectivity index (χ2v) is 6.67. The summed E-state index contributed by atoms with van der Waals surface area (Å²) in [7, 11) is 0. The molecule has 110 valence electrons. The first-order valence-electron chi connectivity index (χ1n) is 7.34. The van der Waals surface area contributed by atoms with E-state index in [9.17, 15) is 4.79 Å². The maximum absolute atomic E-state index is 12.0. The number of hydrogen-bond acceptors (Lipinski definition) is 4. The topological polar surface area (TPSA) is 58.8 Å². The zero-order valence-electron chi connectivity index (χ0n) is 12.4. The summed E-state index contributed by atoms with van der Waals surface area (Å²) in [6.07, 6.45) is 3.38. The van der Waals surface area contributed by atoms with Crippen molar-refractivity contribution in [1.29, 1.82) is 0 Å². The minimum atomic E-state index is -0.415. The number of hydrogen-bond donors (Lipinski definition) is 1. The SMILES string of the molecule is CC(C)(C)OC(=O)N1CCN([C@@H]2CCC[C@@H]2N)CC1. The Morgan fingerprint density at radius 2 is 1.79 bits per heavy atom. The molecule has 0 aromatic rings. The van der Waals surface area contributed by atoms with Gasteiger partial charge in [-0.1, -0.05) is 6.42 Å². The van der Waals surface area contributed by atoms with Crippen molar-refractivity contribution in [1.82, 2.24) is 9.80 Å². The van der Waals surface area contributed by atoms with Gasteiger partial charge in [0.2, 0.25) is 0 Å². The molecule has 1 heterocycles. The first-order valence-corrected chi connectivity index (χ1v) is 7.34. The molecule has 2 rings (SSSR count). The average molecular weight is 269 g/mol. The number of amides is 1. The molecule has 2 aliphatic rings. The van der Waals surface area contributed by atoms with E-state index >= 15 is 0 Å². The van der Waals surface area contributed by atoms with Crippen LogP contribution in [0.15, 0.2) is 0 Å². The normalized spacial score (nSPS) is 29.6. The number of piperazine rings is 1. The molecule has 1 aliphatic heterocycles. The van der Waals surface area contributed by atoms with Gasteiger partial charge in [0.1, 0.15) is 5.60 Å². The van der Waals surface area contributed by atoms with E-state index < -0.39 is 5.60 Å². The van der Waals surface area contributed by atoms with E-state index in [1.165, 1.54) is 12.8 Å². The Kier molecular flexibility index (Phi) is 4.36. The first kappa shape index (κ1) is 14.6. The highest BCUT2D eigenvalue weighted by atomic mass is 16.6. The van der Waals surface area contributed by atoms with Gasteiger partial charge in [-0.15, -0.1) is 0 Å². The third-order valence-corrected chi connectivity index (χ3v) is 3.97. The number of carbonyl (C=O) groups excluding carboxylic acids is 1. The van der Waals surface area contributed by atoms with Crippen molar-refractivity contribution >= 4 is 6.09 Å². The molecule has 0 bridgehead atoms. The Balaban J connectivity index is 1.80. The van der Waals surface area contributed by atoms with Crippen LogP contribution in [-0.4, -0.2) is 59.8 Å². The number of nitrogens with zero attached hydrogens (tertiary/aromatic N) is 2. The second-order valence-electron chi connectivity index (χ2n) is 6.67. The fourth-order valence-corrected chi connectivity index (χ4v) is 2.99. The van der Waals surface area contributed by atoms with Crippen molar-refractivity contribution in [3.63, 3.8) is 0 Å². The minimum absolute atomic E-state index is 0.192. The van der Waals surface area contributed by atoms with Crippen LogP contribution in [0.4, 0.5) is 4.79 Å². The van der Waals surface area contributed by atoms with Gasteiger partial charge < -0.3 is 15.4 Å². The summed E-state index contributed by atoms with van der Waals surface area (Å²) < 4.78 is 5.40. The van der Waals surface area contributed by atoms with Crippen molar-refractivity contribution in [2.24, 2.45) is 5.73 Å². The maximum Gasteiger partial charge on any atom is 0.410 e. The van der Waals surface area contributed by atoms with Crippen molar-refractivity contribution in [2.45, 2.75) is 57.7 Å². The summed E-state index contributed by atoms with van der Waals surface area (Å²) in [5, 5.41) is 0. The maximum atomic E-state index is 12.0. The lowest BCUT2D eigenvalue weighted by molar-refractivity contribution is 0.00994. The quantitative estimate of drug-likeness (QED) is 0.782. The zero-order valence-corrected chi connectivity index (χ0v) is 12.4. The molecule has 0 aromatic carbocycles. The highest BCUT2D eigenvalue weighted by molar-refractivity contribution is 5.68. The van der Waals surface area contributed by atoms with Crippen LogP contribution >= 0.6 is 0 Å². The molecule has 1 aliphatic carbocycles. The molecule has 0 spiro atoms. The van der Waals surface area contributed by atoms with Crippen molar-refractivity contribution < 1.29 is 9.53 Å². The monoisotopic (exact) mass is 269 g/mol. The molecule has 2 N–H and O–H groups in total. The average Bonchev–Trinajstić information content (AvgIpc) is 2.73. The zero-order chi connectivity index (χ0) is 14.0. The van der Waals surface area contributed by atoms with Crippen LogP contribution in [0.2, 0.25) is 0 Å². The van der Waals surface area contributed by atoms with Crippen molar-refractivity contribution in [3.05, 3.63) is 0 Å². The van der Waals surface area contributed by atoms with E-state index in [0.717, 1.165) is 32.6 Å². The lowest BCUT2D eigenvalue weighted by atomic mass is 10.1. The molecule has 0 unspecified atom stereocenters. The van der Waals surface area contributed by atoms with Crippen molar-refractivity contribution in [3.8, 4) is 0 Å². The molecular weight excluding hydrogens is 242 g/mol. The van der Waals surface area contributed by atoms with E-state index in [-0.39, 0.29) is 6.09 Å². The number of nitrogens with two attached hydrogens (primary N) is 1. The number of carbonyl (C=O) groups is 1. The first-order chi connectivity index (χ1) is 8.87. The molecule has 2 fully saturated rings. The summed E-state index contributed by atoms with van der Waals surface area (Å²) >= 11 is 0. The fraction of sp³-hybridized carbons (Fsp3) is 0.929. The van der Waals surface area contributed by atoms with Crippen LogP contribution in [0.25, 0.3) is 0 Å². The Morgan fingerprint density at radius 3 is 2.26 bits per heavy atom. The van der Waals surface area contributed by atoms with Crippen LogP contribution in [0.1, 0.15) is 40.0 Å². The molecule has 1 amide bonds. The Morgan fingerprint density at radius 1 is 1.16 bits per heavy atom. The van der Waals surface area contributed by atoms with Gasteiger partial charge in [0, 0.05) is 38.3 Å². The molecule has 2 atom stereocenters. The summed E-state index contributed by atoms with van der Waals surface area (Å²) in [4.78, 5) is 16.2. The second kappa shape index (κ2) is 5.67. The van der Waals surface area contributed by atoms with Gasteiger partial charge in [-0.25, -0.2) is 4.79 Å². The summed E-state index contributed by atoms with van der Waals surface area (Å²) in [5.41, 5.74) is 5.73. The predicted octanol–water partition coefficient (Wildman–Crippen LogP) is 1.42. The van der Waals surface area contributed by atoms with E-state index in [1.807, 2.05) is 25.7 Å². The van der Waals surface area contributed by atoms with Crippen LogP contribution in [-0.2, 0) is 4.74 Å². The van der Waals surface area contributed by atoms with E-state index in [0.29, 0.717) is 12.1 Å². The van der Waals surface area contributed by atoms with Gasteiger partial charge in [-0.3, -0.25) is 4.90 Å². The molecule has 1 saturated heterocycles. The smallest absolute Gasteiger partial charge is 0.410 e. The van der Waals surface area contributed by atoms with Gasteiger partial charge in [0.05, 0.1) is 0 Å². The van der Waals surface area contributed by atoms with Crippen LogP contribution < -0.4 is 5.73 Å². The Hall–Kier alpha value is -0.810. The molecule has 0 aromatic heterocycles. The predicted molar refractivity (Wildman–Crippen MR) is 75.0 cm³/mol. The molecule has 5 heteroatoms. The minimum Gasteiger partial charge on any atom is -0.444 e. The lowest BCUT2D eigenvalue weighted by Crippen LogP contribution is -2.55. The van der Waals surface area contributed by atoms with Gasteiger partial charge in [-0.05, 0) is 33.6 Å². The summed E-state index contributed by atoms with van der Waals surface area (Å²) in [5.74, 6) is 0. The van der Waals surface area contributed by atoms with E-state index in [2.05, 4.69) is 4.90 Å². The Labute approximate surface area is 116 Å². The van der Waals surface area contributed by atoms with Crippen molar-refractivity contribution in [2.75, 3.05) is 26.2 Å². The highest BCUT2D eigenvalue weighted by Gasteiger charge is 2.33. The fourth-order valence-electron chi connectivity index (χ4n) is 2.99. The largest absolute Gasteiger partial charge is 0.444 e. The highest BCUT2D eigenvalue weighted by Crippen LogP contribution is 2.24. The summed E-state index contributed by atoms with van der Waals surface area (Å²) in [6, 6.07) is 0.828. The number of ether oxygens (including phenoxy) is 1. The lowest BCUT2D eigenvalue weighted by Gasteiger charge is -2.39. The number of rotatable bonds is 1. The third-order valence-electron chi connectivity index (χ3n) is 3.97. The molecule has 19 heavy (non-hydrogen) atoms. The third kappa shape index (κ3) is 3.83. The molecule has 1 saturated carbocycles. The van der Waals surface area contributed by atoms with E-state index in [4.69, 9.17) is 10.5 Å². The van der Waals surface area contributed by atoms with Gasteiger partial charge in [-0.2, -0.15) is 0 Å².